The largest absolute Gasteiger partial charge is 0.309 e. The van der Waals surface area contributed by atoms with Crippen LogP contribution < -0.4 is 5.32 Å². The second kappa shape index (κ2) is 8.79. The average molecular weight is 371 g/mol. The Bertz CT molecular complexity index is 919. The van der Waals surface area contributed by atoms with Gasteiger partial charge in [-0.2, -0.15) is 0 Å². The summed E-state index contributed by atoms with van der Waals surface area (Å²) in [5.74, 6) is 1.18. The van der Waals surface area contributed by atoms with Gasteiger partial charge in [0.15, 0.2) is 5.82 Å². The molecule has 1 aromatic heterocycles. The van der Waals surface area contributed by atoms with Gasteiger partial charge in [-0.25, -0.2) is 9.97 Å². The first-order valence-electron chi connectivity index (χ1n) is 10.0. The van der Waals surface area contributed by atoms with Crippen LogP contribution in [-0.4, -0.2) is 15.9 Å². The summed E-state index contributed by atoms with van der Waals surface area (Å²) in [7, 11) is 0. The summed E-state index contributed by atoms with van der Waals surface area (Å²) in [6.07, 6.45) is 7.99. The maximum absolute atomic E-state index is 12.5. The fourth-order valence-electron chi connectivity index (χ4n) is 3.87. The van der Waals surface area contributed by atoms with Crippen molar-refractivity contribution in [3.8, 4) is 11.3 Å². The number of hydrogen-bond donors (Lipinski definition) is 1. The second-order valence-corrected chi connectivity index (χ2v) is 7.48. The summed E-state index contributed by atoms with van der Waals surface area (Å²) >= 11 is 0. The van der Waals surface area contributed by atoms with Gasteiger partial charge in [-0.3, -0.25) is 4.79 Å². The van der Waals surface area contributed by atoms with Crippen LogP contribution in [0.4, 0.5) is 5.82 Å². The molecule has 142 valence electrons. The molecule has 0 atom stereocenters. The Labute approximate surface area is 166 Å². The number of carbonyl (C=O) groups is 1. The van der Waals surface area contributed by atoms with Crippen LogP contribution >= 0.6 is 0 Å². The van der Waals surface area contributed by atoms with Gasteiger partial charge in [0.1, 0.15) is 0 Å². The van der Waals surface area contributed by atoms with Gasteiger partial charge in [0.2, 0.25) is 5.91 Å². The first-order chi connectivity index (χ1) is 13.8. The Balaban J connectivity index is 1.56. The van der Waals surface area contributed by atoms with E-state index in [0.29, 0.717) is 18.2 Å². The van der Waals surface area contributed by atoms with Crippen LogP contribution in [-0.2, 0) is 17.6 Å². The number of nitrogens with zero attached hydrogens (tertiary/aromatic N) is 2. The smallest absolute Gasteiger partial charge is 0.229 e. The highest BCUT2D eigenvalue weighted by Crippen LogP contribution is 2.30. The number of hydrogen-bond acceptors (Lipinski definition) is 3. The summed E-state index contributed by atoms with van der Waals surface area (Å²) < 4.78 is 0. The first-order valence-corrected chi connectivity index (χ1v) is 10.0. The highest BCUT2D eigenvalue weighted by Gasteiger charge is 2.20. The molecule has 0 radical (unpaired) electrons. The van der Waals surface area contributed by atoms with E-state index in [9.17, 15) is 4.79 Å². The zero-order valence-corrected chi connectivity index (χ0v) is 16.0. The Morgan fingerprint density at radius 3 is 2.36 bits per heavy atom. The molecule has 3 aromatic rings. The van der Waals surface area contributed by atoms with Crippen molar-refractivity contribution in [1.29, 1.82) is 0 Å². The van der Waals surface area contributed by atoms with Crippen molar-refractivity contribution in [2.45, 2.75) is 38.5 Å². The molecule has 1 N–H and O–H groups in total. The molecular formula is C24H25N3O. The Morgan fingerprint density at radius 1 is 0.964 bits per heavy atom. The molecule has 0 spiro atoms. The number of anilines is 1. The van der Waals surface area contributed by atoms with Crippen molar-refractivity contribution in [2.24, 2.45) is 5.92 Å². The molecule has 28 heavy (non-hydrogen) atoms. The SMILES string of the molecule is O=C(Cc1ccccc1)Nc1ncc(-c2ccccc2)nc1CC1CCCC1. The van der Waals surface area contributed by atoms with Crippen LogP contribution in [0.3, 0.4) is 0 Å². The Hall–Kier alpha value is -3.01. The fraction of sp³-hybridized carbons (Fsp3) is 0.292. The van der Waals surface area contributed by atoms with Gasteiger partial charge in [-0.15, -0.1) is 0 Å². The Kier molecular flexibility index (Phi) is 5.76. The normalized spacial score (nSPS) is 14.1. The third-order valence-electron chi connectivity index (χ3n) is 5.34. The zero-order valence-electron chi connectivity index (χ0n) is 16.0. The average Bonchev–Trinajstić information content (AvgIpc) is 3.24. The predicted molar refractivity (Wildman–Crippen MR) is 112 cm³/mol. The van der Waals surface area contributed by atoms with Gasteiger partial charge in [-0.05, 0) is 17.9 Å². The molecule has 1 fully saturated rings. The molecule has 4 nitrogen and oxygen atoms in total. The molecule has 4 rings (SSSR count). The number of nitrogens with one attached hydrogen (secondary N) is 1. The van der Waals surface area contributed by atoms with Crippen LogP contribution in [0.15, 0.2) is 66.9 Å². The molecule has 0 unspecified atom stereocenters. The van der Waals surface area contributed by atoms with Crippen LogP contribution in [0.25, 0.3) is 11.3 Å². The predicted octanol–water partition coefficient (Wildman–Crippen LogP) is 5.06. The number of aromatic nitrogens is 2. The molecular weight excluding hydrogens is 346 g/mol. The van der Waals surface area contributed by atoms with Gasteiger partial charge in [0.05, 0.1) is 24.0 Å². The van der Waals surface area contributed by atoms with E-state index < -0.39 is 0 Å². The summed E-state index contributed by atoms with van der Waals surface area (Å²) in [5.41, 5.74) is 3.79. The topological polar surface area (TPSA) is 54.9 Å². The van der Waals surface area contributed by atoms with E-state index in [2.05, 4.69) is 10.3 Å². The van der Waals surface area contributed by atoms with Crippen LogP contribution in [0.5, 0.6) is 0 Å². The number of amides is 1. The number of rotatable bonds is 6. The maximum Gasteiger partial charge on any atom is 0.229 e. The van der Waals surface area contributed by atoms with Crippen molar-refractivity contribution in [3.63, 3.8) is 0 Å². The monoisotopic (exact) mass is 371 g/mol. The van der Waals surface area contributed by atoms with Gasteiger partial charge in [-0.1, -0.05) is 86.3 Å². The third kappa shape index (κ3) is 4.63. The van der Waals surface area contributed by atoms with Gasteiger partial charge in [0.25, 0.3) is 0 Å². The molecule has 1 aliphatic rings. The molecule has 1 heterocycles. The van der Waals surface area contributed by atoms with E-state index in [0.717, 1.165) is 28.9 Å². The van der Waals surface area contributed by atoms with Crippen LogP contribution in [0.1, 0.15) is 36.9 Å². The number of carbonyl (C=O) groups excluding carboxylic acids is 1. The zero-order chi connectivity index (χ0) is 19.2. The highest BCUT2D eigenvalue weighted by atomic mass is 16.1. The van der Waals surface area contributed by atoms with E-state index in [1.165, 1.54) is 25.7 Å². The van der Waals surface area contributed by atoms with Crippen molar-refractivity contribution >= 4 is 11.7 Å². The summed E-state index contributed by atoms with van der Waals surface area (Å²) in [4.78, 5) is 22.0. The van der Waals surface area contributed by atoms with Crippen molar-refractivity contribution in [3.05, 3.63) is 78.1 Å². The van der Waals surface area contributed by atoms with Gasteiger partial charge in [0, 0.05) is 5.56 Å². The minimum Gasteiger partial charge on any atom is -0.309 e. The maximum atomic E-state index is 12.5. The van der Waals surface area contributed by atoms with E-state index >= 15 is 0 Å². The molecule has 1 saturated carbocycles. The minimum absolute atomic E-state index is 0.0550. The van der Waals surface area contributed by atoms with Crippen molar-refractivity contribution in [1.82, 2.24) is 9.97 Å². The van der Waals surface area contributed by atoms with E-state index in [1.807, 2.05) is 60.7 Å². The molecule has 4 heteroatoms. The summed E-state index contributed by atoms with van der Waals surface area (Å²) in [6.45, 7) is 0. The van der Waals surface area contributed by atoms with E-state index in [-0.39, 0.29) is 5.91 Å². The van der Waals surface area contributed by atoms with Crippen LogP contribution in [0.2, 0.25) is 0 Å². The lowest BCUT2D eigenvalue weighted by molar-refractivity contribution is -0.115. The fourth-order valence-corrected chi connectivity index (χ4v) is 3.87. The lowest BCUT2D eigenvalue weighted by Gasteiger charge is -2.14. The van der Waals surface area contributed by atoms with Crippen molar-refractivity contribution in [2.75, 3.05) is 5.32 Å². The summed E-state index contributed by atoms with van der Waals surface area (Å²) in [5, 5.41) is 3.00. The van der Waals surface area contributed by atoms with Crippen LogP contribution in [0, 0.1) is 5.92 Å². The van der Waals surface area contributed by atoms with Gasteiger partial charge < -0.3 is 5.32 Å². The Morgan fingerprint density at radius 2 is 1.64 bits per heavy atom. The first kappa shape index (κ1) is 18.4. The standard InChI is InChI=1S/C24H25N3O/c28-23(16-19-9-3-1-4-10-19)27-24-21(15-18-11-7-8-12-18)26-22(17-25-24)20-13-5-2-6-14-20/h1-6,9-10,13-14,17-18H,7-8,11-12,15-16H2,(H,25,27,28). The molecule has 0 bridgehead atoms. The summed E-state index contributed by atoms with van der Waals surface area (Å²) in [6, 6.07) is 19.8. The quantitative estimate of drug-likeness (QED) is 0.659. The van der Waals surface area contributed by atoms with Gasteiger partial charge >= 0.3 is 0 Å². The molecule has 1 aliphatic carbocycles. The second-order valence-electron chi connectivity index (χ2n) is 7.48. The minimum atomic E-state index is -0.0550. The van der Waals surface area contributed by atoms with E-state index in [1.54, 1.807) is 6.20 Å². The molecule has 0 saturated heterocycles. The van der Waals surface area contributed by atoms with Crippen molar-refractivity contribution < 1.29 is 4.79 Å². The highest BCUT2D eigenvalue weighted by molar-refractivity contribution is 5.91. The number of benzene rings is 2. The van der Waals surface area contributed by atoms with E-state index in [4.69, 9.17) is 4.98 Å². The lowest BCUT2D eigenvalue weighted by Crippen LogP contribution is -2.18. The molecule has 2 aromatic carbocycles. The molecule has 0 aliphatic heterocycles. The lowest BCUT2D eigenvalue weighted by atomic mass is 10.0. The third-order valence-corrected chi connectivity index (χ3v) is 5.34. The molecule has 1 amide bonds.